The highest BCUT2D eigenvalue weighted by atomic mass is 32.1. The number of hydrogen-bond acceptors (Lipinski definition) is 3. The molecule has 1 aliphatic rings. The van der Waals surface area contributed by atoms with Crippen molar-refractivity contribution in [3.05, 3.63) is 17.0 Å². The maximum absolute atomic E-state index is 11.7. The lowest BCUT2D eigenvalue weighted by Crippen LogP contribution is -2.29. The van der Waals surface area contributed by atoms with Crippen molar-refractivity contribution in [3.8, 4) is 0 Å². The topological polar surface area (TPSA) is 78.4 Å². The molecule has 5 nitrogen and oxygen atoms in total. The molecular weight excluding hydrogens is 276 g/mol. The van der Waals surface area contributed by atoms with Crippen LogP contribution in [0.25, 0.3) is 0 Å². The number of anilines is 1. The molecule has 0 saturated heterocycles. The molecule has 0 bridgehead atoms. The molecule has 2 amide bonds. The van der Waals surface area contributed by atoms with Crippen molar-refractivity contribution in [1.82, 2.24) is 5.32 Å². The Morgan fingerprint density at radius 1 is 1.35 bits per heavy atom. The molecule has 0 radical (unpaired) electrons. The van der Waals surface area contributed by atoms with Gasteiger partial charge in [-0.15, -0.1) is 11.3 Å². The van der Waals surface area contributed by atoms with Gasteiger partial charge in [0.15, 0.2) is 0 Å². The SMILES string of the molecule is O=C(NCCCC1CCCC1)Nc1sccc1C(=O)O. The number of carboxylic acids is 1. The van der Waals surface area contributed by atoms with Crippen LogP contribution in [0.1, 0.15) is 48.9 Å². The van der Waals surface area contributed by atoms with Gasteiger partial charge in [-0.05, 0) is 30.2 Å². The quantitative estimate of drug-likeness (QED) is 0.703. The van der Waals surface area contributed by atoms with Gasteiger partial charge < -0.3 is 10.4 Å². The second kappa shape index (κ2) is 7.28. The number of carbonyl (C=O) groups excluding carboxylic acids is 1. The van der Waals surface area contributed by atoms with Gasteiger partial charge in [-0.3, -0.25) is 5.32 Å². The normalized spacial score (nSPS) is 15.2. The van der Waals surface area contributed by atoms with E-state index in [2.05, 4.69) is 10.6 Å². The third-order valence-corrected chi connectivity index (χ3v) is 4.50. The van der Waals surface area contributed by atoms with E-state index in [1.165, 1.54) is 49.5 Å². The lowest BCUT2D eigenvalue weighted by atomic mass is 10.0. The van der Waals surface area contributed by atoms with Crippen LogP contribution < -0.4 is 10.6 Å². The zero-order chi connectivity index (χ0) is 14.4. The average Bonchev–Trinajstić information content (AvgIpc) is 3.05. The Bertz CT molecular complexity index is 467. The van der Waals surface area contributed by atoms with Crippen LogP contribution in [0.3, 0.4) is 0 Å². The van der Waals surface area contributed by atoms with E-state index in [0.717, 1.165) is 12.3 Å². The Morgan fingerprint density at radius 2 is 2.10 bits per heavy atom. The maximum Gasteiger partial charge on any atom is 0.338 e. The number of aromatic carboxylic acids is 1. The molecule has 0 aliphatic heterocycles. The van der Waals surface area contributed by atoms with Crippen molar-refractivity contribution in [2.24, 2.45) is 5.92 Å². The molecular formula is C14H20N2O3S. The average molecular weight is 296 g/mol. The Kier molecular flexibility index (Phi) is 5.40. The number of carboxylic acid groups (broad SMARTS) is 1. The van der Waals surface area contributed by atoms with Gasteiger partial charge in [-0.1, -0.05) is 25.7 Å². The van der Waals surface area contributed by atoms with Crippen molar-refractivity contribution >= 4 is 28.3 Å². The van der Waals surface area contributed by atoms with Gasteiger partial charge in [0, 0.05) is 6.54 Å². The molecule has 110 valence electrons. The van der Waals surface area contributed by atoms with Crippen LogP contribution in [0.5, 0.6) is 0 Å². The zero-order valence-electron chi connectivity index (χ0n) is 11.4. The lowest BCUT2D eigenvalue weighted by molar-refractivity contribution is 0.0698. The number of nitrogens with one attached hydrogen (secondary N) is 2. The molecule has 6 heteroatoms. The highest BCUT2D eigenvalue weighted by molar-refractivity contribution is 7.14. The fourth-order valence-corrected chi connectivity index (χ4v) is 3.39. The van der Waals surface area contributed by atoms with E-state index in [4.69, 9.17) is 5.11 Å². The molecule has 0 atom stereocenters. The number of amides is 2. The van der Waals surface area contributed by atoms with E-state index >= 15 is 0 Å². The Hall–Kier alpha value is -1.56. The van der Waals surface area contributed by atoms with Crippen molar-refractivity contribution in [2.45, 2.75) is 38.5 Å². The summed E-state index contributed by atoms with van der Waals surface area (Å²) in [6.07, 6.45) is 7.48. The maximum atomic E-state index is 11.7. The smallest absolute Gasteiger partial charge is 0.338 e. The molecule has 1 aromatic heterocycles. The fourth-order valence-electron chi connectivity index (χ4n) is 2.61. The first-order chi connectivity index (χ1) is 9.66. The Labute approximate surface area is 122 Å². The van der Waals surface area contributed by atoms with E-state index < -0.39 is 5.97 Å². The minimum Gasteiger partial charge on any atom is -0.478 e. The largest absolute Gasteiger partial charge is 0.478 e. The van der Waals surface area contributed by atoms with Gasteiger partial charge in [-0.2, -0.15) is 0 Å². The first-order valence-corrected chi connectivity index (χ1v) is 7.90. The van der Waals surface area contributed by atoms with E-state index in [-0.39, 0.29) is 11.6 Å². The summed E-state index contributed by atoms with van der Waals surface area (Å²) in [5.74, 6) is -0.196. The molecule has 0 aromatic carbocycles. The summed E-state index contributed by atoms with van der Waals surface area (Å²) >= 11 is 1.21. The van der Waals surface area contributed by atoms with E-state index in [9.17, 15) is 9.59 Å². The summed E-state index contributed by atoms with van der Waals surface area (Å²) in [6.45, 7) is 0.635. The molecule has 1 aromatic rings. The first-order valence-electron chi connectivity index (χ1n) is 7.02. The minimum absolute atomic E-state index is 0.135. The predicted octanol–water partition coefficient (Wildman–Crippen LogP) is 3.54. The van der Waals surface area contributed by atoms with Crippen LogP contribution in [0, 0.1) is 5.92 Å². The van der Waals surface area contributed by atoms with Gasteiger partial charge >= 0.3 is 12.0 Å². The lowest BCUT2D eigenvalue weighted by Gasteiger charge is -2.10. The Balaban J connectivity index is 1.67. The van der Waals surface area contributed by atoms with Crippen LogP contribution in [-0.2, 0) is 0 Å². The fraction of sp³-hybridized carbons (Fsp3) is 0.571. The van der Waals surface area contributed by atoms with E-state index in [0.29, 0.717) is 11.5 Å². The second-order valence-electron chi connectivity index (χ2n) is 5.14. The van der Waals surface area contributed by atoms with Gasteiger partial charge in [0.05, 0.1) is 5.56 Å². The van der Waals surface area contributed by atoms with Gasteiger partial charge in [-0.25, -0.2) is 9.59 Å². The first kappa shape index (κ1) is 14.8. The summed E-state index contributed by atoms with van der Waals surface area (Å²) in [4.78, 5) is 22.6. The molecule has 3 N–H and O–H groups in total. The van der Waals surface area contributed by atoms with Gasteiger partial charge in [0.1, 0.15) is 5.00 Å². The molecule has 0 unspecified atom stereocenters. The number of carbonyl (C=O) groups is 2. The van der Waals surface area contributed by atoms with Crippen molar-refractivity contribution in [1.29, 1.82) is 0 Å². The van der Waals surface area contributed by atoms with E-state index in [1.807, 2.05) is 0 Å². The van der Waals surface area contributed by atoms with Gasteiger partial charge in [0.2, 0.25) is 0 Å². The summed E-state index contributed by atoms with van der Waals surface area (Å²) in [6, 6.07) is 1.16. The van der Waals surface area contributed by atoms with Crippen molar-refractivity contribution in [2.75, 3.05) is 11.9 Å². The summed E-state index contributed by atoms with van der Waals surface area (Å²) < 4.78 is 0. The number of urea groups is 1. The highest BCUT2D eigenvalue weighted by Gasteiger charge is 2.15. The molecule has 20 heavy (non-hydrogen) atoms. The number of rotatable bonds is 6. The summed E-state index contributed by atoms with van der Waals surface area (Å²) in [7, 11) is 0. The molecule has 1 aliphatic carbocycles. The molecule has 2 rings (SSSR count). The van der Waals surface area contributed by atoms with Crippen molar-refractivity contribution < 1.29 is 14.7 Å². The third kappa shape index (κ3) is 4.23. The zero-order valence-corrected chi connectivity index (χ0v) is 12.2. The molecule has 1 heterocycles. The molecule has 1 saturated carbocycles. The highest BCUT2D eigenvalue weighted by Crippen LogP contribution is 2.28. The third-order valence-electron chi connectivity index (χ3n) is 3.67. The van der Waals surface area contributed by atoms with Gasteiger partial charge in [0.25, 0.3) is 0 Å². The number of thiophene rings is 1. The van der Waals surface area contributed by atoms with Crippen LogP contribution in [0.4, 0.5) is 9.80 Å². The van der Waals surface area contributed by atoms with E-state index in [1.54, 1.807) is 5.38 Å². The van der Waals surface area contributed by atoms with Crippen LogP contribution in [0.2, 0.25) is 0 Å². The molecule has 1 fully saturated rings. The minimum atomic E-state index is -1.03. The number of hydrogen-bond donors (Lipinski definition) is 3. The second-order valence-corrected chi connectivity index (χ2v) is 6.06. The Morgan fingerprint density at radius 3 is 2.80 bits per heavy atom. The summed E-state index contributed by atoms with van der Waals surface area (Å²) in [5, 5.41) is 16.3. The van der Waals surface area contributed by atoms with Crippen LogP contribution in [-0.4, -0.2) is 23.7 Å². The standard InChI is InChI=1S/C14H20N2O3S/c17-13(18)11-7-9-20-12(11)16-14(19)15-8-3-6-10-4-1-2-5-10/h7,9-10H,1-6,8H2,(H,17,18)(H2,15,16,19). The molecule has 0 spiro atoms. The van der Waals surface area contributed by atoms with Crippen molar-refractivity contribution in [3.63, 3.8) is 0 Å². The monoisotopic (exact) mass is 296 g/mol. The summed E-state index contributed by atoms with van der Waals surface area (Å²) in [5.41, 5.74) is 0.135. The predicted molar refractivity (Wildman–Crippen MR) is 79.5 cm³/mol. The van der Waals surface area contributed by atoms with Crippen LogP contribution >= 0.6 is 11.3 Å². The van der Waals surface area contributed by atoms with Crippen LogP contribution in [0.15, 0.2) is 11.4 Å².